The number of nitrogens with zero attached hydrogens (tertiary/aromatic N) is 3. The Morgan fingerprint density at radius 3 is 2.55 bits per heavy atom. The van der Waals surface area contributed by atoms with E-state index in [0.29, 0.717) is 16.8 Å². The molecular weight excluding hydrogens is 436 g/mol. The number of rotatable bonds is 6. The molecule has 33 heavy (non-hydrogen) atoms. The monoisotopic (exact) mass is 468 g/mol. The van der Waals surface area contributed by atoms with E-state index in [1.54, 1.807) is 18.2 Å². The number of carboxylic acid groups (broad SMARTS) is 1. The van der Waals surface area contributed by atoms with Crippen LogP contribution >= 0.6 is 12.2 Å². The average molecular weight is 469 g/mol. The van der Waals surface area contributed by atoms with Crippen molar-refractivity contribution in [3.05, 3.63) is 41.1 Å². The molecule has 2 aliphatic rings. The van der Waals surface area contributed by atoms with E-state index in [9.17, 15) is 4.79 Å². The van der Waals surface area contributed by atoms with Crippen molar-refractivity contribution in [3.63, 3.8) is 0 Å². The van der Waals surface area contributed by atoms with Crippen LogP contribution in [0, 0.1) is 0 Å². The number of thiocarbonyl (C=S) groups is 1. The summed E-state index contributed by atoms with van der Waals surface area (Å²) in [7, 11) is 4.10. The maximum Gasteiger partial charge on any atom is 0.335 e. The number of anilines is 3. The van der Waals surface area contributed by atoms with Crippen LogP contribution in [0.1, 0.15) is 60.1 Å². The molecule has 8 nitrogen and oxygen atoms in total. The van der Waals surface area contributed by atoms with Crippen molar-refractivity contribution < 1.29 is 9.90 Å². The zero-order valence-electron chi connectivity index (χ0n) is 19.2. The minimum Gasteiger partial charge on any atom is -0.478 e. The van der Waals surface area contributed by atoms with Crippen LogP contribution in [0.25, 0.3) is 0 Å². The fraction of sp³-hybridized carbons (Fsp3) is 0.500. The number of aromatic nitrogens is 2. The van der Waals surface area contributed by atoms with E-state index < -0.39 is 5.97 Å². The number of aryl methyl sites for hydroxylation is 1. The van der Waals surface area contributed by atoms with E-state index in [-0.39, 0.29) is 11.6 Å². The van der Waals surface area contributed by atoms with Gasteiger partial charge in [0.15, 0.2) is 5.11 Å². The lowest BCUT2D eigenvalue weighted by molar-refractivity contribution is 0.0697. The second-order valence-corrected chi connectivity index (χ2v) is 9.48. The number of carboxylic acids is 1. The Labute approximate surface area is 200 Å². The molecule has 2 aliphatic carbocycles. The third-order valence-electron chi connectivity index (χ3n) is 6.35. The van der Waals surface area contributed by atoms with Gasteiger partial charge >= 0.3 is 5.97 Å². The summed E-state index contributed by atoms with van der Waals surface area (Å²) >= 11 is 5.45. The van der Waals surface area contributed by atoms with Gasteiger partial charge < -0.3 is 26.0 Å². The molecule has 1 fully saturated rings. The molecule has 1 aromatic carbocycles. The Bertz CT molecular complexity index is 1020. The van der Waals surface area contributed by atoms with Crippen LogP contribution in [0.5, 0.6) is 0 Å². The van der Waals surface area contributed by atoms with Crippen LogP contribution in [-0.2, 0) is 12.8 Å². The van der Waals surface area contributed by atoms with E-state index in [0.717, 1.165) is 50.3 Å². The molecule has 1 aromatic heterocycles. The molecule has 1 heterocycles. The van der Waals surface area contributed by atoms with Crippen LogP contribution < -0.4 is 20.9 Å². The molecule has 0 unspecified atom stereocenters. The van der Waals surface area contributed by atoms with Crippen molar-refractivity contribution in [3.8, 4) is 0 Å². The highest BCUT2D eigenvalue weighted by molar-refractivity contribution is 7.80. The molecule has 176 valence electrons. The molecule has 0 atom stereocenters. The smallest absolute Gasteiger partial charge is 0.335 e. The average Bonchev–Trinajstić information content (AvgIpc) is 2.80. The van der Waals surface area contributed by atoms with E-state index in [2.05, 4.69) is 20.9 Å². The van der Waals surface area contributed by atoms with Crippen molar-refractivity contribution in [2.24, 2.45) is 0 Å². The van der Waals surface area contributed by atoms with Gasteiger partial charge in [0.1, 0.15) is 5.82 Å². The lowest BCUT2D eigenvalue weighted by Crippen LogP contribution is -2.42. The quantitative estimate of drug-likeness (QED) is 0.471. The Morgan fingerprint density at radius 2 is 1.82 bits per heavy atom. The largest absolute Gasteiger partial charge is 0.478 e. The Hall–Kier alpha value is -2.94. The molecule has 1 saturated carbocycles. The first kappa shape index (κ1) is 23.2. The summed E-state index contributed by atoms with van der Waals surface area (Å²) in [5.41, 5.74) is 3.40. The van der Waals surface area contributed by atoms with E-state index in [1.807, 2.05) is 20.2 Å². The molecule has 4 N–H and O–H groups in total. The molecule has 0 bridgehead atoms. The summed E-state index contributed by atoms with van der Waals surface area (Å²) in [6.07, 6.45) is 8.49. The van der Waals surface area contributed by atoms with Crippen LogP contribution in [0.4, 0.5) is 17.5 Å². The molecule has 9 heteroatoms. The van der Waals surface area contributed by atoms with Gasteiger partial charge in [0.25, 0.3) is 0 Å². The molecule has 0 saturated heterocycles. The summed E-state index contributed by atoms with van der Waals surface area (Å²) < 4.78 is 0. The third-order valence-corrected chi connectivity index (χ3v) is 6.57. The van der Waals surface area contributed by atoms with E-state index in [1.165, 1.54) is 24.1 Å². The van der Waals surface area contributed by atoms with Crippen molar-refractivity contribution in [1.82, 2.24) is 15.3 Å². The van der Waals surface area contributed by atoms with Gasteiger partial charge in [-0.3, -0.25) is 0 Å². The maximum absolute atomic E-state index is 11.1. The maximum atomic E-state index is 11.1. The van der Waals surface area contributed by atoms with E-state index >= 15 is 0 Å². The summed E-state index contributed by atoms with van der Waals surface area (Å²) in [5.74, 6) is 0.830. The van der Waals surface area contributed by atoms with Crippen molar-refractivity contribution in [2.75, 3.05) is 29.6 Å². The predicted octanol–water partition coefficient (Wildman–Crippen LogP) is 3.83. The highest BCUT2D eigenvalue weighted by Gasteiger charge is 2.24. The van der Waals surface area contributed by atoms with Gasteiger partial charge in [0, 0.05) is 37.4 Å². The van der Waals surface area contributed by atoms with Crippen LogP contribution in [0.15, 0.2) is 24.3 Å². The number of carbonyl (C=O) groups is 1. The van der Waals surface area contributed by atoms with Gasteiger partial charge in [-0.1, -0.05) is 6.07 Å². The fourth-order valence-electron chi connectivity index (χ4n) is 4.66. The number of aromatic carboxylic acids is 1. The van der Waals surface area contributed by atoms with Gasteiger partial charge in [-0.25, -0.2) is 9.78 Å². The molecule has 2 aromatic rings. The molecule has 4 rings (SSSR count). The first-order chi connectivity index (χ1) is 15.9. The van der Waals surface area contributed by atoms with Crippen molar-refractivity contribution in [1.29, 1.82) is 0 Å². The Kier molecular flexibility index (Phi) is 7.27. The molecule has 0 aliphatic heterocycles. The lowest BCUT2D eigenvalue weighted by Gasteiger charge is -2.31. The summed E-state index contributed by atoms with van der Waals surface area (Å²) in [6, 6.07) is 7.28. The predicted molar refractivity (Wildman–Crippen MR) is 135 cm³/mol. The molecular formula is C24H32N6O2S. The zero-order chi connectivity index (χ0) is 23.4. The first-order valence-electron chi connectivity index (χ1n) is 11.6. The Balaban J connectivity index is 1.29. The molecule has 0 amide bonds. The number of nitrogens with one attached hydrogen (secondary N) is 3. The van der Waals surface area contributed by atoms with Gasteiger partial charge in [0.05, 0.1) is 11.3 Å². The van der Waals surface area contributed by atoms with Crippen LogP contribution in [-0.4, -0.2) is 52.3 Å². The fourth-order valence-corrected chi connectivity index (χ4v) is 4.94. The molecule has 0 spiro atoms. The SMILES string of the molecule is CN(C)c1nc(N[C@H]2CC[C@@H](NC(=S)Nc3cccc(C(=O)O)c3)CC2)nc2c1CCCC2. The topological polar surface area (TPSA) is 102 Å². The van der Waals surface area contributed by atoms with Gasteiger partial charge in [-0.05, 0) is 81.8 Å². The minimum atomic E-state index is -0.955. The van der Waals surface area contributed by atoms with Crippen molar-refractivity contribution in [2.45, 2.75) is 63.5 Å². The van der Waals surface area contributed by atoms with Crippen LogP contribution in [0.2, 0.25) is 0 Å². The standard InChI is InChI=1S/C24H32N6O2S/c1-30(2)21-19-8-3-4-9-20(19)28-23(29-21)25-16-10-12-17(13-11-16)26-24(33)27-18-7-5-6-15(14-18)22(31)32/h5-7,14,16-17H,3-4,8-13H2,1-2H3,(H,31,32)(H,25,28,29)(H2,26,27,33)/t16-,17+. The molecule has 0 radical (unpaired) electrons. The summed E-state index contributed by atoms with van der Waals surface area (Å²) in [6.45, 7) is 0. The number of fused-ring (bicyclic) bond motifs is 1. The van der Waals surface area contributed by atoms with Gasteiger partial charge in [-0.2, -0.15) is 4.98 Å². The number of hydrogen-bond donors (Lipinski definition) is 4. The first-order valence-corrected chi connectivity index (χ1v) is 12.0. The normalized spacial score (nSPS) is 19.8. The minimum absolute atomic E-state index is 0.233. The summed E-state index contributed by atoms with van der Waals surface area (Å²) in [5, 5.41) is 19.7. The number of benzene rings is 1. The van der Waals surface area contributed by atoms with Gasteiger partial charge in [-0.15, -0.1) is 0 Å². The second-order valence-electron chi connectivity index (χ2n) is 9.07. The Morgan fingerprint density at radius 1 is 1.09 bits per heavy atom. The van der Waals surface area contributed by atoms with Crippen molar-refractivity contribution >= 4 is 40.8 Å². The van der Waals surface area contributed by atoms with Crippen LogP contribution in [0.3, 0.4) is 0 Å². The zero-order valence-corrected chi connectivity index (χ0v) is 20.0. The highest BCUT2D eigenvalue weighted by Crippen LogP contribution is 2.29. The third kappa shape index (κ3) is 5.90. The second kappa shape index (κ2) is 10.3. The summed E-state index contributed by atoms with van der Waals surface area (Å²) in [4.78, 5) is 22.9. The van der Waals surface area contributed by atoms with Gasteiger partial charge in [0.2, 0.25) is 5.95 Å². The lowest BCUT2D eigenvalue weighted by atomic mass is 9.91. The number of hydrogen-bond acceptors (Lipinski definition) is 6. The highest BCUT2D eigenvalue weighted by atomic mass is 32.1. The van der Waals surface area contributed by atoms with E-state index in [4.69, 9.17) is 27.3 Å².